The van der Waals surface area contributed by atoms with E-state index < -0.39 is 0 Å². The quantitative estimate of drug-likeness (QED) is 0.805. The van der Waals surface area contributed by atoms with Crippen LogP contribution in [0.15, 0.2) is 12.1 Å². The van der Waals surface area contributed by atoms with E-state index in [1.54, 1.807) is 6.07 Å². The van der Waals surface area contributed by atoms with Crippen molar-refractivity contribution in [3.05, 3.63) is 23.4 Å². The van der Waals surface area contributed by atoms with Crippen LogP contribution < -0.4 is 4.74 Å². The highest BCUT2D eigenvalue weighted by atomic mass is 16.5. The van der Waals surface area contributed by atoms with Crippen LogP contribution in [0.1, 0.15) is 45.9 Å². The summed E-state index contributed by atoms with van der Waals surface area (Å²) in [6.07, 6.45) is 0.200. The van der Waals surface area contributed by atoms with Gasteiger partial charge in [0.1, 0.15) is 6.61 Å². The topological polar surface area (TPSA) is 51.6 Å². The zero-order valence-electron chi connectivity index (χ0n) is 12.6. The van der Waals surface area contributed by atoms with Gasteiger partial charge in [-0.3, -0.25) is 0 Å². The third kappa shape index (κ3) is 5.57. The smallest absolute Gasteiger partial charge is 0.213 e. The molecule has 0 aliphatic heterocycles. The lowest BCUT2D eigenvalue weighted by Crippen LogP contribution is -2.16. The summed E-state index contributed by atoms with van der Waals surface area (Å²) in [5.74, 6) is 0.545. The first kappa shape index (κ1) is 15.9. The van der Waals surface area contributed by atoms with Gasteiger partial charge >= 0.3 is 0 Å². The molecule has 4 heteroatoms. The third-order valence-electron chi connectivity index (χ3n) is 2.60. The Morgan fingerprint density at radius 3 is 2.42 bits per heavy atom. The fourth-order valence-corrected chi connectivity index (χ4v) is 1.54. The lowest BCUT2D eigenvalue weighted by molar-refractivity contribution is 0.0541. The summed E-state index contributed by atoms with van der Waals surface area (Å²) >= 11 is 0. The average Bonchev–Trinajstić information content (AvgIpc) is 2.33. The van der Waals surface area contributed by atoms with Gasteiger partial charge in [-0.25, -0.2) is 4.98 Å². The highest BCUT2D eigenvalue weighted by Gasteiger charge is 2.17. The first-order valence-corrected chi connectivity index (χ1v) is 6.69. The Balaban J connectivity index is 2.72. The van der Waals surface area contributed by atoms with E-state index in [4.69, 9.17) is 9.47 Å². The Morgan fingerprint density at radius 2 is 1.89 bits per heavy atom. The maximum atomic E-state index is 9.29. The number of aliphatic hydroxyl groups excluding tert-OH is 1. The number of pyridine rings is 1. The second-order valence-electron chi connectivity index (χ2n) is 5.87. The molecule has 1 aromatic rings. The van der Waals surface area contributed by atoms with Crippen LogP contribution in [-0.2, 0) is 16.8 Å². The van der Waals surface area contributed by atoms with Crippen LogP contribution in [0.2, 0.25) is 0 Å². The molecule has 0 atom stereocenters. The molecule has 0 spiro atoms. The number of hydrogen-bond donors (Lipinski definition) is 1. The zero-order valence-corrected chi connectivity index (χ0v) is 12.6. The lowest BCUT2D eigenvalue weighted by Gasteiger charge is -2.19. The first-order chi connectivity index (χ1) is 8.82. The number of rotatable bonds is 6. The molecule has 0 fully saturated rings. The molecule has 0 aromatic carbocycles. The normalized spacial score (nSPS) is 11.9. The van der Waals surface area contributed by atoms with E-state index in [9.17, 15) is 5.11 Å². The van der Waals surface area contributed by atoms with E-state index in [0.717, 1.165) is 11.3 Å². The van der Waals surface area contributed by atoms with Gasteiger partial charge in [0.25, 0.3) is 0 Å². The first-order valence-electron chi connectivity index (χ1n) is 6.69. The van der Waals surface area contributed by atoms with Gasteiger partial charge in [-0.2, -0.15) is 0 Å². The molecule has 0 unspecified atom stereocenters. The van der Waals surface area contributed by atoms with Crippen molar-refractivity contribution in [3.8, 4) is 5.88 Å². The molecule has 0 saturated carbocycles. The van der Waals surface area contributed by atoms with E-state index in [-0.39, 0.29) is 18.1 Å². The third-order valence-corrected chi connectivity index (χ3v) is 2.60. The van der Waals surface area contributed by atoms with Crippen molar-refractivity contribution in [3.63, 3.8) is 0 Å². The number of ether oxygens (including phenoxy) is 2. The molecule has 1 aromatic heterocycles. The van der Waals surface area contributed by atoms with Crippen LogP contribution in [-0.4, -0.2) is 29.4 Å². The predicted octanol–water partition coefficient (Wildman–Crippen LogP) is 2.68. The summed E-state index contributed by atoms with van der Waals surface area (Å²) in [7, 11) is 0. The molecule has 1 heterocycles. The van der Waals surface area contributed by atoms with E-state index in [0.29, 0.717) is 19.1 Å². The van der Waals surface area contributed by atoms with Crippen LogP contribution in [0, 0.1) is 0 Å². The van der Waals surface area contributed by atoms with Crippen molar-refractivity contribution < 1.29 is 14.6 Å². The predicted molar refractivity (Wildman–Crippen MR) is 75.4 cm³/mol. The molecule has 0 aliphatic rings. The summed E-state index contributed by atoms with van der Waals surface area (Å²) in [6.45, 7) is 11.2. The molecule has 0 bridgehead atoms. The molecule has 19 heavy (non-hydrogen) atoms. The molecule has 0 amide bonds. The van der Waals surface area contributed by atoms with Gasteiger partial charge in [-0.1, -0.05) is 20.8 Å². The SMILES string of the molecule is CC(C)OCCOc1cc(CO)cc(C(C)(C)C)n1. The van der Waals surface area contributed by atoms with Crippen LogP contribution in [0.25, 0.3) is 0 Å². The molecular weight excluding hydrogens is 242 g/mol. The highest BCUT2D eigenvalue weighted by molar-refractivity contribution is 5.28. The highest BCUT2D eigenvalue weighted by Crippen LogP contribution is 2.24. The standard InChI is InChI=1S/C15H25NO3/c1-11(2)18-6-7-19-14-9-12(10-17)8-13(16-14)15(3,4)5/h8-9,11,17H,6-7,10H2,1-5H3. The second kappa shape index (κ2) is 6.87. The summed E-state index contributed by atoms with van der Waals surface area (Å²) in [5, 5.41) is 9.29. The largest absolute Gasteiger partial charge is 0.475 e. The number of aliphatic hydroxyl groups is 1. The van der Waals surface area contributed by atoms with Gasteiger partial charge in [-0.15, -0.1) is 0 Å². The van der Waals surface area contributed by atoms with Crippen molar-refractivity contribution in [2.45, 2.75) is 52.7 Å². The summed E-state index contributed by atoms with van der Waals surface area (Å²) in [6, 6.07) is 3.68. The van der Waals surface area contributed by atoms with Gasteiger partial charge < -0.3 is 14.6 Å². The summed E-state index contributed by atoms with van der Waals surface area (Å²) < 4.78 is 11.0. The van der Waals surface area contributed by atoms with Gasteiger partial charge in [0.2, 0.25) is 5.88 Å². The van der Waals surface area contributed by atoms with Gasteiger partial charge in [0.15, 0.2) is 0 Å². The van der Waals surface area contributed by atoms with Crippen molar-refractivity contribution in [2.24, 2.45) is 0 Å². The minimum Gasteiger partial charge on any atom is -0.475 e. The molecule has 0 saturated heterocycles. The van der Waals surface area contributed by atoms with Gasteiger partial charge in [-0.05, 0) is 25.5 Å². The maximum absolute atomic E-state index is 9.29. The van der Waals surface area contributed by atoms with E-state index in [1.807, 2.05) is 19.9 Å². The van der Waals surface area contributed by atoms with Crippen LogP contribution in [0.5, 0.6) is 5.88 Å². The van der Waals surface area contributed by atoms with Crippen LogP contribution in [0.3, 0.4) is 0 Å². The van der Waals surface area contributed by atoms with E-state index >= 15 is 0 Å². The van der Waals surface area contributed by atoms with Crippen molar-refractivity contribution in [1.82, 2.24) is 4.98 Å². The Kier molecular flexibility index (Phi) is 5.76. The Hall–Kier alpha value is -1.13. The van der Waals surface area contributed by atoms with Crippen molar-refractivity contribution in [1.29, 1.82) is 0 Å². The van der Waals surface area contributed by atoms with Crippen molar-refractivity contribution in [2.75, 3.05) is 13.2 Å². The van der Waals surface area contributed by atoms with Crippen LogP contribution in [0.4, 0.5) is 0 Å². The Labute approximate surface area is 115 Å². The fraction of sp³-hybridized carbons (Fsp3) is 0.667. The van der Waals surface area contributed by atoms with Crippen molar-refractivity contribution >= 4 is 0 Å². The molecule has 1 rings (SSSR count). The lowest BCUT2D eigenvalue weighted by atomic mass is 9.91. The van der Waals surface area contributed by atoms with E-state index in [2.05, 4.69) is 25.8 Å². The summed E-state index contributed by atoms with van der Waals surface area (Å²) in [5.41, 5.74) is 1.66. The van der Waals surface area contributed by atoms with E-state index in [1.165, 1.54) is 0 Å². The molecule has 0 radical (unpaired) electrons. The molecule has 1 N–H and O–H groups in total. The molecular formula is C15H25NO3. The average molecular weight is 267 g/mol. The summed E-state index contributed by atoms with van der Waals surface area (Å²) in [4.78, 5) is 4.48. The number of hydrogen-bond acceptors (Lipinski definition) is 4. The molecule has 0 aliphatic carbocycles. The monoisotopic (exact) mass is 267 g/mol. The van der Waals surface area contributed by atoms with Gasteiger partial charge in [0.05, 0.1) is 25.0 Å². The zero-order chi connectivity index (χ0) is 14.5. The Bertz CT molecular complexity index is 397. The van der Waals surface area contributed by atoms with Crippen LogP contribution >= 0.6 is 0 Å². The molecule has 108 valence electrons. The Morgan fingerprint density at radius 1 is 1.21 bits per heavy atom. The minimum atomic E-state index is -0.0717. The number of nitrogens with zero attached hydrogens (tertiary/aromatic N) is 1. The van der Waals surface area contributed by atoms with Gasteiger partial charge in [0, 0.05) is 11.5 Å². The second-order valence-corrected chi connectivity index (χ2v) is 5.87. The number of aromatic nitrogens is 1. The minimum absolute atomic E-state index is 0.00947. The maximum Gasteiger partial charge on any atom is 0.213 e. The fourth-order valence-electron chi connectivity index (χ4n) is 1.54. The molecule has 4 nitrogen and oxygen atoms in total.